The Morgan fingerprint density at radius 2 is 0.817 bits per heavy atom. The number of azo groups is 2. The van der Waals surface area contributed by atoms with Crippen LogP contribution in [0.3, 0.4) is 0 Å². The molecule has 0 aliphatic heterocycles. The predicted molar refractivity (Wildman–Crippen MR) is 354 cm³/mol. The third kappa shape index (κ3) is 24.2. The summed E-state index contributed by atoms with van der Waals surface area (Å²) in [4.78, 5) is 4.47. The molecule has 6 rings (SSSR count). The van der Waals surface area contributed by atoms with Crippen molar-refractivity contribution in [3.8, 4) is 34.6 Å². The van der Waals surface area contributed by atoms with Crippen molar-refractivity contribution in [1.29, 1.82) is 0 Å². The van der Waals surface area contributed by atoms with E-state index in [0.29, 0.717) is 61.9 Å². The molecule has 517 valence electrons. The minimum atomic E-state index is -3.89. The first-order chi connectivity index (χ1) is 43.6. The Labute approximate surface area is 559 Å². The molecule has 0 amide bonds. The number of unbranched alkanes of at least 4 members (excludes halogenated alkanes) is 2. The topological polar surface area (TPSA) is 352 Å². The fourth-order valence-corrected chi connectivity index (χ4v) is 13.8. The molecule has 26 nitrogen and oxygen atoms in total. The fraction of sp³-hybridized carbons (Fsp3) is 0.516. The zero-order valence-electron chi connectivity index (χ0n) is 54.7. The average Bonchev–Trinajstić information content (AvgIpc) is 1.77. The van der Waals surface area contributed by atoms with E-state index in [0.717, 1.165) is 64.7 Å². The van der Waals surface area contributed by atoms with Crippen LogP contribution in [0.25, 0.3) is 11.4 Å². The molecule has 0 unspecified atom stereocenters. The first-order valence-electron chi connectivity index (χ1n) is 31.0. The summed E-state index contributed by atoms with van der Waals surface area (Å²) in [6.45, 7) is 24.6. The molecule has 0 atom stereocenters. The number of sulfone groups is 2. The molecule has 4 aromatic carbocycles. The Kier molecular flexibility index (Phi) is 32.2. The van der Waals surface area contributed by atoms with Crippen LogP contribution in [0.4, 0.5) is 22.7 Å². The van der Waals surface area contributed by atoms with Crippen molar-refractivity contribution in [2.24, 2.45) is 20.5 Å². The predicted octanol–water partition coefficient (Wildman–Crippen LogP) is 10.8. The normalized spacial score (nSPS) is 12.5. The first kappa shape index (κ1) is 79.2. The number of rotatable bonds is 38. The zero-order chi connectivity index (χ0) is 67.8. The smallest absolute Gasteiger partial charge is 0.243 e. The van der Waals surface area contributed by atoms with E-state index < -0.39 is 39.7 Å². The van der Waals surface area contributed by atoms with E-state index in [4.69, 9.17) is 9.47 Å². The summed E-state index contributed by atoms with van der Waals surface area (Å²) in [6.07, 6.45) is 7.11. The molecule has 31 heteroatoms. The minimum absolute atomic E-state index is 0. The molecule has 0 bridgehead atoms. The van der Waals surface area contributed by atoms with E-state index in [1.807, 2.05) is 27.7 Å². The Bertz CT molecular complexity index is 3600. The standard InChI is InChI=1S/2C31H46N6O7S2.Co/c2*1-6-8-18-36(17-7-2)19-21-45(40,41)26-12-10-25(11-13-26)37-31(39)30(24(5)35-37)34-33-28-22-27(14-15-29(28)38)46(42,43)32-16-9-20-44-23(3)4;/h2*10-15,22-23,32,38-39H,6-9,16-21H2,1-5H3;. The molecule has 2 heterocycles. The quantitative estimate of drug-likeness (QED) is 0.0155. The maximum atomic E-state index is 13.0. The summed E-state index contributed by atoms with van der Waals surface area (Å²) in [7, 11) is -14.8. The van der Waals surface area contributed by atoms with Gasteiger partial charge in [0.1, 0.15) is 22.9 Å². The van der Waals surface area contributed by atoms with Crippen LogP contribution in [0.5, 0.6) is 23.3 Å². The van der Waals surface area contributed by atoms with Crippen molar-refractivity contribution >= 4 is 62.5 Å². The number of benzene rings is 4. The van der Waals surface area contributed by atoms with Crippen LogP contribution in [-0.4, -0.2) is 173 Å². The molecule has 2 aromatic heterocycles. The third-order valence-corrected chi connectivity index (χ3v) is 20.5. The number of aromatic nitrogens is 4. The Hall–Kier alpha value is -6.23. The fourth-order valence-electron chi connectivity index (χ4n) is 9.07. The third-order valence-electron chi connectivity index (χ3n) is 14.1. The summed E-state index contributed by atoms with van der Waals surface area (Å²) in [6, 6.07) is 19.3. The van der Waals surface area contributed by atoms with Gasteiger partial charge in [-0.1, -0.05) is 40.5 Å². The molecule has 6 aromatic rings. The van der Waals surface area contributed by atoms with Crippen molar-refractivity contribution in [2.45, 2.75) is 152 Å². The van der Waals surface area contributed by atoms with E-state index >= 15 is 0 Å². The maximum absolute atomic E-state index is 13.0. The maximum Gasteiger partial charge on any atom is 0.243 e. The summed E-state index contributed by atoms with van der Waals surface area (Å²) in [5, 5.41) is 67.1. The summed E-state index contributed by atoms with van der Waals surface area (Å²) in [5.74, 6) is -1.33. The number of hydrogen-bond donors (Lipinski definition) is 6. The number of ether oxygens (including phenoxy) is 2. The number of nitrogens with one attached hydrogen (secondary N) is 2. The first-order valence-corrected chi connectivity index (χ1v) is 37.2. The van der Waals surface area contributed by atoms with E-state index in [-0.39, 0.29) is 119 Å². The Morgan fingerprint density at radius 1 is 0.473 bits per heavy atom. The summed E-state index contributed by atoms with van der Waals surface area (Å²) < 4.78 is 121. The van der Waals surface area contributed by atoms with Gasteiger partial charge >= 0.3 is 0 Å². The number of hydrogen-bond acceptors (Lipinski definition) is 22. The number of sulfonamides is 2. The van der Waals surface area contributed by atoms with Crippen LogP contribution < -0.4 is 9.44 Å². The van der Waals surface area contributed by atoms with Crippen molar-refractivity contribution < 1.29 is 80.3 Å². The van der Waals surface area contributed by atoms with Gasteiger partial charge in [0.25, 0.3) is 0 Å². The van der Waals surface area contributed by atoms with Crippen molar-refractivity contribution in [3.63, 3.8) is 0 Å². The van der Waals surface area contributed by atoms with E-state index in [9.17, 15) is 54.1 Å². The largest absolute Gasteiger partial charge is 0.506 e. The van der Waals surface area contributed by atoms with E-state index in [1.54, 1.807) is 38.1 Å². The molecular formula is C62H92CoN12O14S4. The van der Waals surface area contributed by atoms with Crippen LogP contribution in [0.1, 0.15) is 118 Å². The van der Waals surface area contributed by atoms with Crippen LogP contribution in [-0.2, 0) is 66.0 Å². The molecule has 6 N–H and O–H groups in total. The molecule has 0 saturated heterocycles. The van der Waals surface area contributed by atoms with Crippen LogP contribution in [0.15, 0.2) is 125 Å². The number of aryl methyl sites for hydroxylation is 2. The Morgan fingerprint density at radius 3 is 1.14 bits per heavy atom. The van der Waals surface area contributed by atoms with Crippen molar-refractivity contribution in [1.82, 2.24) is 38.8 Å². The van der Waals surface area contributed by atoms with E-state index in [2.05, 4.69) is 77.6 Å². The number of nitrogens with zero attached hydrogens (tertiary/aromatic N) is 10. The zero-order valence-corrected chi connectivity index (χ0v) is 59.0. The van der Waals surface area contributed by atoms with E-state index in [1.165, 1.54) is 70.0 Å². The Balaban J connectivity index is 0.000000392. The van der Waals surface area contributed by atoms with Gasteiger partial charge in [-0.3, -0.25) is 0 Å². The molecule has 0 spiro atoms. The molecule has 0 aliphatic carbocycles. The molecule has 0 saturated carbocycles. The number of aromatic hydroxyl groups is 4. The SMILES string of the molecule is CCCCN(CCC)CCS(=O)(=O)c1ccc(-n2nc(C)c(N=Nc3cc(S(=O)(=O)NCCCOC(C)C)ccc3O)c2O)cc1.CCCCN(CCC)CCS(=O)(=O)c1ccc(-n2nc(C)c(N=Nc3cc(S(=O)(=O)NCCCOC(C)C)ccc3O)c2O)cc1.[Co]. The minimum Gasteiger partial charge on any atom is -0.506 e. The summed E-state index contributed by atoms with van der Waals surface area (Å²) >= 11 is 0. The van der Waals surface area contributed by atoms with Gasteiger partial charge in [-0.2, -0.15) is 19.6 Å². The number of phenols is 2. The van der Waals surface area contributed by atoms with Gasteiger partial charge in [-0.25, -0.2) is 43.1 Å². The van der Waals surface area contributed by atoms with Gasteiger partial charge in [0, 0.05) is 56.2 Å². The molecule has 0 aliphatic rings. The van der Waals surface area contributed by atoms with Gasteiger partial charge in [0.05, 0.1) is 66.1 Å². The van der Waals surface area contributed by atoms with Crippen LogP contribution in [0, 0.1) is 13.8 Å². The van der Waals surface area contributed by atoms with Crippen molar-refractivity contribution in [3.05, 3.63) is 96.3 Å². The van der Waals surface area contributed by atoms with Gasteiger partial charge in [0.15, 0.2) is 31.0 Å². The van der Waals surface area contributed by atoms with Crippen LogP contribution >= 0.6 is 0 Å². The molecular weight excluding hydrogens is 1320 g/mol. The average molecular weight is 1420 g/mol. The number of phenolic OH excluding ortho intramolecular Hbond substituents is 2. The second-order valence-corrected chi connectivity index (χ2v) is 30.1. The summed E-state index contributed by atoms with van der Waals surface area (Å²) in [5.41, 5.74) is 1.14. The van der Waals surface area contributed by atoms with Crippen LogP contribution in [0.2, 0.25) is 0 Å². The van der Waals surface area contributed by atoms with Crippen molar-refractivity contribution in [2.75, 3.05) is 77.1 Å². The molecule has 1 radical (unpaired) electrons. The van der Waals surface area contributed by atoms with Gasteiger partial charge < -0.3 is 39.7 Å². The van der Waals surface area contributed by atoms with Gasteiger partial charge in [-0.15, -0.1) is 20.5 Å². The molecule has 93 heavy (non-hydrogen) atoms. The second-order valence-electron chi connectivity index (χ2n) is 22.4. The second kappa shape index (κ2) is 37.8. The van der Waals surface area contributed by atoms with Gasteiger partial charge in [0.2, 0.25) is 31.8 Å². The molecule has 0 fully saturated rings. The van der Waals surface area contributed by atoms with Gasteiger partial charge in [-0.05, 0) is 191 Å². The monoisotopic (exact) mass is 1420 g/mol.